The highest BCUT2D eigenvalue weighted by Gasteiger charge is 2.25. The molecule has 2 aromatic heterocycles. The molecule has 3 rings (SSSR count). The molecule has 17 heavy (non-hydrogen) atoms. The van der Waals surface area contributed by atoms with Crippen molar-refractivity contribution in [3.63, 3.8) is 0 Å². The standard InChI is InChI=1S/C10H10N4O2S/c15-9(16)6-5-14-7(8-11-3-4-17-8)1-2-12-10(14)13-6/h3-5,7H,1-2H2,(H,12,13)(H,15,16). The summed E-state index contributed by atoms with van der Waals surface area (Å²) in [5, 5.41) is 14.9. The number of hydrogen-bond acceptors (Lipinski definition) is 5. The van der Waals surface area contributed by atoms with Gasteiger partial charge in [0.05, 0.1) is 6.04 Å². The van der Waals surface area contributed by atoms with Gasteiger partial charge in [-0.3, -0.25) is 0 Å². The van der Waals surface area contributed by atoms with E-state index < -0.39 is 5.97 Å². The summed E-state index contributed by atoms with van der Waals surface area (Å²) in [4.78, 5) is 19.2. The lowest BCUT2D eigenvalue weighted by Gasteiger charge is -2.24. The van der Waals surface area contributed by atoms with Crippen molar-refractivity contribution in [1.29, 1.82) is 0 Å². The number of imidazole rings is 1. The highest BCUT2D eigenvalue weighted by molar-refractivity contribution is 7.09. The number of thiazole rings is 1. The first kappa shape index (κ1) is 10.3. The topological polar surface area (TPSA) is 80.0 Å². The van der Waals surface area contributed by atoms with E-state index in [0.717, 1.165) is 18.0 Å². The second kappa shape index (κ2) is 3.85. The Morgan fingerprint density at radius 1 is 1.65 bits per heavy atom. The molecule has 0 aromatic carbocycles. The summed E-state index contributed by atoms with van der Waals surface area (Å²) in [5.74, 6) is -0.402. The maximum Gasteiger partial charge on any atom is 0.356 e. The van der Waals surface area contributed by atoms with Gasteiger partial charge in [0.15, 0.2) is 5.69 Å². The first-order valence-corrected chi connectivity index (χ1v) is 6.09. The van der Waals surface area contributed by atoms with Crippen LogP contribution in [0.3, 0.4) is 0 Å². The third-order valence-corrected chi connectivity index (χ3v) is 3.60. The molecule has 2 N–H and O–H groups in total. The predicted molar refractivity (Wildman–Crippen MR) is 62.5 cm³/mol. The number of nitrogens with one attached hydrogen (secondary N) is 1. The molecule has 0 saturated heterocycles. The number of fused-ring (bicyclic) bond motifs is 1. The van der Waals surface area contributed by atoms with Gasteiger partial charge in [-0.25, -0.2) is 14.8 Å². The summed E-state index contributed by atoms with van der Waals surface area (Å²) in [5.41, 5.74) is 0.0657. The fraction of sp³-hybridized carbons (Fsp3) is 0.300. The van der Waals surface area contributed by atoms with Crippen molar-refractivity contribution < 1.29 is 9.90 Å². The minimum Gasteiger partial charge on any atom is -0.476 e. The van der Waals surface area contributed by atoms with Crippen molar-refractivity contribution >= 4 is 23.3 Å². The Kier molecular flexibility index (Phi) is 2.32. The van der Waals surface area contributed by atoms with Crippen molar-refractivity contribution in [2.45, 2.75) is 12.5 Å². The average molecular weight is 250 g/mol. The average Bonchev–Trinajstić information content (AvgIpc) is 2.97. The Hall–Kier alpha value is -1.89. The maximum absolute atomic E-state index is 10.9. The third kappa shape index (κ3) is 1.68. The lowest BCUT2D eigenvalue weighted by atomic mass is 10.2. The predicted octanol–water partition coefficient (Wildman–Crippen LogP) is 1.44. The zero-order valence-corrected chi connectivity index (χ0v) is 9.65. The van der Waals surface area contributed by atoms with Crippen molar-refractivity contribution in [3.8, 4) is 0 Å². The Labute approximate surface area is 101 Å². The number of anilines is 1. The van der Waals surface area contributed by atoms with Crippen LogP contribution >= 0.6 is 11.3 Å². The van der Waals surface area contributed by atoms with Gasteiger partial charge in [0.1, 0.15) is 5.01 Å². The Balaban J connectivity index is 2.04. The van der Waals surface area contributed by atoms with E-state index in [-0.39, 0.29) is 11.7 Å². The van der Waals surface area contributed by atoms with Crippen LogP contribution in [0.15, 0.2) is 17.8 Å². The minimum atomic E-state index is -1.01. The van der Waals surface area contributed by atoms with Gasteiger partial charge in [0.25, 0.3) is 0 Å². The molecule has 1 atom stereocenters. The zero-order valence-electron chi connectivity index (χ0n) is 8.83. The van der Waals surface area contributed by atoms with Crippen molar-refractivity contribution in [2.24, 2.45) is 0 Å². The van der Waals surface area contributed by atoms with E-state index in [0.29, 0.717) is 5.95 Å². The minimum absolute atomic E-state index is 0.0657. The number of hydrogen-bond donors (Lipinski definition) is 2. The Morgan fingerprint density at radius 3 is 3.24 bits per heavy atom. The van der Waals surface area contributed by atoms with Crippen LogP contribution in [0.5, 0.6) is 0 Å². The molecule has 0 aliphatic carbocycles. The normalized spacial score (nSPS) is 18.5. The number of rotatable bonds is 2. The summed E-state index contributed by atoms with van der Waals surface area (Å²) >= 11 is 1.58. The van der Waals surface area contributed by atoms with E-state index >= 15 is 0 Å². The summed E-state index contributed by atoms with van der Waals surface area (Å²) < 4.78 is 1.85. The molecule has 88 valence electrons. The monoisotopic (exact) mass is 250 g/mol. The van der Waals surface area contributed by atoms with Crippen LogP contribution in [0, 0.1) is 0 Å². The van der Waals surface area contributed by atoms with Crippen molar-refractivity contribution in [1.82, 2.24) is 14.5 Å². The van der Waals surface area contributed by atoms with Crippen LogP contribution in [-0.2, 0) is 0 Å². The molecule has 6 nitrogen and oxygen atoms in total. The molecular formula is C10H10N4O2S. The van der Waals surface area contributed by atoms with Crippen molar-refractivity contribution in [2.75, 3.05) is 11.9 Å². The fourth-order valence-corrected chi connectivity index (χ4v) is 2.74. The number of aromatic carboxylic acids is 1. The highest BCUT2D eigenvalue weighted by Crippen LogP contribution is 2.30. The van der Waals surface area contributed by atoms with Crippen LogP contribution in [-0.4, -0.2) is 32.2 Å². The second-order valence-electron chi connectivity index (χ2n) is 3.76. The summed E-state index contributed by atoms with van der Waals surface area (Å²) in [6.45, 7) is 0.778. The zero-order chi connectivity index (χ0) is 11.8. The van der Waals surface area contributed by atoms with Crippen LogP contribution in [0.1, 0.15) is 28.0 Å². The van der Waals surface area contributed by atoms with E-state index in [1.807, 2.05) is 9.95 Å². The Morgan fingerprint density at radius 2 is 2.53 bits per heavy atom. The van der Waals surface area contributed by atoms with Crippen LogP contribution < -0.4 is 5.32 Å². The first-order valence-electron chi connectivity index (χ1n) is 5.21. The highest BCUT2D eigenvalue weighted by atomic mass is 32.1. The van der Waals surface area contributed by atoms with E-state index in [1.54, 1.807) is 23.7 Å². The summed E-state index contributed by atoms with van der Waals surface area (Å²) in [7, 11) is 0. The number of nitrogens with zero attached hydrogens (tertiary/aromatic N) is 3. The quantitative estimate of drug-likeness (QED) is 0.843. The van der Waals surface area contributed by atoms with Crippen LogP contribution in [0.25, 0.3) is 0 Å². The van der Waals surface area contributed by atoms with E-state index in [1.165, 1.54) is 0 Å². The number of aromatic nitrogens is 3. The van der Waals surface area contributed by atoms with Gasteiger partial charge in [-0.2, -0.15) is 0 Å². The number of carboxylic acid groups (broad SMARTS) is 1. The van der Waals surface area contributed by atoms with Gasteiger partial charge < -0.3 is 15.0 Å². The SMILES string of the molecule is O=C(O)c1cn2c(n1)NCCC2c1nccs1. The lowest BCUT2D eigenvalue weighted by Crippen LogP contribution is -2.23. The van der Waals surface area contributed by atoms with Gasteiger partial charge in [0.2, 0.25) is 5.95 Å². The van der Waals surface area contributed by atoms with Gasteiger partial charge in [0, 0.05) is 24.3 Å². The summed E-state index contributed by atoms with van der Waals surface area (Å²) in [6, 6.07) is 0.0897. The molecule has 0 amide bonds. The van der Waals surface area contributed by atoms with Gasteiger partial charge in [-0.1, -0.05) is 0 Å². The van der Waals surface area contributed by atoms with Crippen LogP contribution in [0.2, 0.25) is 0 Å². The third-order valence-electron chi connectivity index (χ3n) is 2.72. The van der Waals surface area contributed by atoms with Gasteiger partial charge in [-0.15, -0.1) is 11.3 Å². The van der Waals surface area contributed by atoms with Crippen LogP contribution in [0.4, 0.5) is 5.95 Å². The molecule has 2 aromatic rings. The van der Waals surface area contributed by atoms with Crippen molar-refractivity contribution in [3.05, 3.63) is 28.5 Å². The molecule has 1 aliphatic heterocycles. The number of carbonyl (C=O) groups is 1. The summed E-state index contributed by atoms with van der Waals surface area (Å²) in [6.07, 6.45) is 4.21. The van der Waals surface area contributed by atoms with Gasteiger partial charge >= 0.3 is 5.97 Å². The van der Waals surface area contributed by atoms with Gasteiger partial charge in [-0.05, 0) is 6.42 Å². The first-order chi connectivity index (χ1) is 8.25. The molecule has 1 unspecified atom stereocenters. The molecule has 1 aliphatic rings. The van der Waals surface area contributed by atoms with E-state index in [2.05, 4.69) is 15.3 Å². The molecule has 0 bridgehead atoms. The molecule has 7 heteroatoms. The van der Waals surface area contributed by atoms with E-state index in [4.69, 9.17) is 5.11 Å². The van der Waals surface area contributed by atoms with E-state index in [9.17, 15) is 4.79 Å². The molecular weight excluding hydrogens is 240 g/mol. The maximum atomic E-state index is 10.9. The number of carboxylic acids is 1. The molecule has 0 spiro atoms. The Bertz CT molecular complexity index is 549. The molecule has 3 heterocycles. The largest absolute Gasteiger partial charge is 0.476 e. The molecule has 0 saturated carbocycles. The fourth-order valence-electron chi connectivity index (χ4n) is 1.97. The lowest BCUT2D eigenvalue weighted by molar-refractivity contribution is 0.0691. The molecule has 0 fully saturated rings. The molecule has 0 radical (unpaired) electrons. The smallest absolute Gasteiger partial charge is 0.356 e. The second-order valence-corrected chi connectivity index (χ2v) is 4.69.